The zero-order valence-electron chi connectivity index (χ0n) is 30.9. The van der Waals surface area contributed by atoms with E-state index in [2.05, 4.69) is 33.8 Å². The monoisotopic (exact) mass is 692 g/mol. The Hall–Kier alpha value is -4.46. The van der Waals surface area contributed by atoms with E-state index in [9.17, 15) is 9.59 Å². The lowest BCUT2D eigenvalue weighted by Crippen LogP contribution is -2.15. The van der Waals surface area contributed by atoms with Crippen molar-refractivity contribution in [2.75, 3.05) is 0 Å². The van der Waals surface area contributed by atoms with Gasteiger partial charge in [-0.05, 0) is 97.7 Å². The summed E-state index contributed by atoms with van der Waals surface area (Å²) in [6.07, 6.45) is 25.7. The molecule has 1 atom stereocenters. The number of unbranched alkanes of at least 4 members (excludes halogenated alkanes) is 10. The predicted octanol–water partition coefficient (Wildman–Crippen LogP) is 10.7. The Labute approximate surface area is 304 Å². The fraction of sp³-hybridized carbons (Fsp3) is 0.488. The van der Waals surface area contributed by atoms with Gasteiger partial charge in [0.15, 0.2) is 11.6 Å². The van der Waals surface area contributed by atoms with Crippen molar-refractivity contribution in [2.24, 2.45) is 5.92 Å². The highest BCUT2D eigenvalue weighted by atomic mass is 16.5. The SMILES string of the molecule is CCCCCCCCc1cnc(-c2ccc(OC(=O)CCC(C)CC(=O)Oc3ccc(-c4ncc(CCCCCCCC)cn4)cc3)cc2)nc1. The molecule has 2 aromatic carbocycles. The number of rotatable bonds is 23. The summed E-state index contributed by atoms with van der Waals surface area (Å²) in [4.78, 5) is 43.3. The Bertz CT molecular complexity index is 1570. The molecule has 4 aromatic rings. The highest BCUT2D eigenvalue weighted by Crippen LogP contribution is 2.23. The molecule has 0 saturated carbocycles. The first kappa shape index (κ1) is 39.3. The number of carbonyl (C=O) groups excluding carboxylic acids is 2. The standard InChI is InChI=1S/C43H56N4O4/c1-4-6-8-10-12-14-16-34-29-44-42(45-30-34)36-19-23-38(24-20-36)50-40(48)27-18-33(3)28-41(49)51-39-25-21-37(22-26-39)43-46-31-35(32-47-43)17-15-13-11-9-7-5-2/h19-26,29-33H,4-18,27-28H2,1-3H3. The van der Waals surface area contributed by atoms with Gasteiger partial charge in [-0.25, -0.2) is 19.9 Å². The van der Waals surface area contributed by atoms with Crippen molar-refractivity contribution in [1.82, 2.24) is 19.9 Å². The summed E-state index contributed by atoms with van der Waals surface area (Å²) in [5.41, 5.74) is 4.04. The van der Waals surface area contributed by atoms with Gasteiger partial charge in [-0.2, -0.15) is 0 Å². The topological polar surface area (TPSA) is 104 Å². The largest absolute Gasteiger partial charge is 0.427 e. The summed E-state index contributed by atoms with van der Waals surface area (Å²) in [6, 6.07) is 14.5. The van der Waals surface area contributed by atoms with E-state index < -0.39 is 0 Å². The summed E-state index contributed by atoms with van der Waals surface area (Å²) in [5, 5.41) is 0. The minimum atomic E-state index is -0.341. The summed E-state index contributed by atoms with van der Waals surface area (Å²) in [5.74, 6) is 1.50. The van der Waals surface area contributed by atoms with Crippen LogP contribution in [0.15, 0.2) is 73.3 Å². The number of nitrogens with zero attached hydrogens (tertiary/aromatic N) is 4. The minimum Gasteiger partial charge on any atom is -0.427 e. The van der Waals surface area contributed by atoms with E-state index in [0.717, 1.165) is 47.9 Å². The average molecular weight is 693 g/mol. The van der Waals surface area contributed by atoms with Gasteiger partial charge in [0, 0.05) is 48.8 Å². The van der Waals surface area contributed by atoms with Gasteiger partial charge in [-0.3, -0.25) is 9.59 Å². The second kappa shape index (κ2) is 22.4. The molecule has 0 spiro atoms. The molecule has 8 nitrogen and oxygen atoms in total. The highest BCUT2D eigenvalue weighted by Gasteiger charge is 2.15. The molecular formula is C43H56N4O4. The Morgan fingerprint density at radius 1 is 0.549 bits per heavy atom. The molecule has 1 unspecified atom stereocenters. The quantitative estimate of drug-likeness (QED) is 0.0430. The van der Waals surface area contributed by atoms with Crippen LogP contribution >= 0.6 is 0 Å². The number of esters is 2. The molecule has 0 aliphatic carbocycles. The van der Waals surface area contributed by atoms with Gasteiger partial charge in [0.1, 0.15) is 11.5 Å². The number of aromatic nitrogens is 4. The van der Waals surface area contributed by atoms with Crippen molar-refractivity contribution >= 4 is 11.9 Å². The number of aryl methyl sites for hydroxylation is 2. The number of hydrogen-bond donors (Lipinski definition) is 0. The summed E-state index contributed by atoms with van der Waals surface area (Å²) in [7, 11) is 0. The highest BCUT2D eigenvalue weighted by molar-refractivity contribution is 5.74. The Morgan fingerprint density at radius 2 is 0.941 bits per heavy atom. The van der Waals surface area contributed by atoms with Crippen molar-refractivity contribution in [1.29, 1.82) is 0 Å². The van der Waals surface area contributed by atoms with Gasteiger partial charge in [-0.15, -0.1) is 0 Å². The molecular weight excluding hydrogens is 636 g/mol. The Kier molecular flexibility index (Phi) is 17.3. The number of benzene rings is 2. The molecule has 0 fully saturated rings. The van der Waals surface area contributed by atoms with Gasteiger partial charge in [0.2, 0.25) is 0 Å². The van der Waals surface area contributed by atoms with Crippen LogP contribution in [0.3, 0.4) is 0 Å². The molecule has 2 aromatic heterocycles. The van der Waals surface area contributed by atoms with Crippen LogP contribution < -0.4 is 9.47 Å². The molecule has 0 aliphatic heterocycles. The lowest BCUT2D eigenvalue weighted by molar-refractivity contribution is -0.137. The van der Waals surface area contributed by atoms with Crippen LogP contribution in [-0.2, 0) is 22.4 Å². The van der Waals surface area contributed by atoms with E-state index in [-0.39, 0.29) is 30.7 Å². The smallest absolute Gasteiger partial charge is 0.311 e. The molecule has 0 N–H and O–H groups in total. The maximum atomic E-state index is 12.6. The van der Waals surface area contributed by atoms with Crippen molar-refractivity contribution < 1.29 is 19.1 Å². The predicted molar refractivity (Wildman–Crippen MR) is 203 cm³/mol. The van der Waals surface area contributed by atoms with Gasteiger partial charge in [-0.1, -0.05) is 85.0 Å². The van der Waals surface area contributed by atoms with Gasteiger partial charge in [0.05, 0.1) is 0 Å². The zero-order chi connectivity index (χ0) is 36.1. The molecule has 0 radical (unpaired) electrons. The van der Waals surface area contributed by atoms with E-state index in [1.807, 2.05) is 56.0 Å². The molecule has 4 rings (SSSR count). The molecule has 0 aliphatic rings. The second-order valence-corrected chi connectivity index (χ2v) is 13.7. The Balaban J connectivity index is 1.12. The number of carbonyl (C=O) groups is 2. The fourth-order valence-corrected chi connectivity index (χ4v) is 5.94. The number of ether oxygens (including phenoxy) is 2. The maximum absolute atomic E-state index is 12.6. The normalized spacial score (nSPS) is 11.7. The Morgan fingerprint density at radius 3 is 1.37 bits per heavy atom. The van der Waals surface area contributed by atoms with E-state index in [4.69, 9.17) is 9.47 Å². The van der Waals surface area contributed by atoms with E-state index in [1.165, 1.54) is 64.2 Å². The van der Waals surface area contributed by atoms with Crippen molar-refractivity contribution in [3.05, 3.63) is 84.4 Å². The molecule has 272 valence electrons. The van der Waals surface area contributed by atoms with Gasteiger partial charge in [0.25, 0.3) is 0 Å². The fourth-order valence-electron chi connectivity index (χ4n) is 5.94. The molecule has 0 saturated heterocycles. The van der Waals surface area contributed by atoms with Crippen LogP contribution in [0, 0.1) is 5.92 Å². The van der Waals surface area contributed by atoms with Crippen LogP contribution in [0.25, 0.3) is 22.8 Å². The van der Waals surface area contributed by atoms with E-state index in [0.29, 0.717) is 29.6 Å². The summed E-state index contributed by atoms with van der Waals surface area (Å²) in [6.45, 7) is 6.40. The lowest BCUT2D eigenvalue weighted by atomic mass is 10.0. The first-order valence-electron chi connectivity index (χ1n) is 19.2. The molecule has 0 amide bonds. The maximum Gasteiger partial charge on any atom is 0.311 e. The van der Waals surface area contributed by atoms with Crippen molar-refractivity contribution in [3.8, 4) is 34.3 Å². The molecule has 2 heterocycles. The third-order valence-corrected chi connectivity index (χ3v) is 9.09. The van der Waals surface area contributed by atoms with Crippen LogP contribution in [0.5, 0.6) is 11.5 Å². The summed E-state index contributed by atoms with van der Waals surface area (Å²) < 4.78 is 11.1. The number of hydrogen-bond acceptors (Lipinski definition) is 8. The zero-order valence-corrected chi connectivity index (χ0v) is 30.9. The average Bonchev–Trinajstić information content (AvgIpc) is 3.15. The molecule has 0 bridgehead atoms. The first-order valence-corrected chi connectivity index (χ1v) is 19.2. The van der Waals surface area contributed by atoms with Gasteiger partial charge >= 0.3 is 11.9 Å². The van der Waals surface area contributed by atoms with Crippen LogP contribution in [0.2, 0.25) is 0 Å². The van der Waals surface area contributed by atoms with E-state index in [1.54, 1.807) is 24.3 Å². The molecule has 8 heteroatoms. The van der Waals surface area contributed by atoms with E-state index >= 15 is 0 Å². The first-order chi connectivity index (χ1) is 24.9. The van der Waals surface area contributed by atoms with Crippen LogP contribution in [0.4, 0.5) is 0 Å². The second-order valence-electron chi connectivity index (χ2n) is 13.7. The minimum absolute atomic E-state index is 0.0452. The lowest BCUT2D eigenvalue weighted by Gasteiger charge is -2.11. The van der Waals surface area contributed by atoms with Crippen molar-refractivity contribution in [2.45, 2.75) is 130 Å². The summed E-state index contributed by atoms with van der Waals surface area (Å²) >= 11 is 0. The third kappa shape index (κ3) is 14.7. The van der Waals surface area contributed by atoms with Crippen LogP contribution in [-0.4, -0.2) is 31.9 Å². The third-order valence-electron chi connectivity index (χ3n) is 9.09. The molecule has 51 heavy (non-hydrogen) atoms. The van der Waals surface area contributed by atoms with Crippen molar-refractivity contribution in [3.63, 3.8) is 0 Å². The van der Waals surface area contributed by atoms with Crippen LogP contribution in [0.1, 0.15) is 128 Å². The van der Waals surface area contributed by atoms with Gasteiger partial charge < -0.3 is 9.47 Å².